The minimum absolute atomic E-state index is 0.00329. The number of aromatic nitrogens is 2. The lowest BCUT2D eigenvalue weighted by Gasteiger charge is -2.09. The van der Waals surface area contributed by atoms with Gasteiger partial charge in [0.25, 0.3) is 5.56 Å². The van der Waals surface area contributed by atoms with E-state index in [1.165, 1.54) is 6.07 Å². The highest BCUT2D eigenvalue weighted by Crippen LogP contribution is 2.31. The molecular formula is C15H7F5N2O. The Kier molecular flexibility index (Phi) is 3.39. The summed E-state index contributed by atoms with van der Waals surface area (Å²) in [6.45, 7) is 0. The maximum absolute atomic E-state index is 13.3. The fourth-order valence-corrected chi connectivity index (χ4v) is 2.11. The molecule has 1 N–H and O–H groups in total. The third-order valence-electron chi connectivity index (χ3n) is 3.21. The third-order valence-corrected chi connectivity index (χ3v) is 3.21. The molecule has 3 aromatic rings. The maximum Gasteiger partial charge on any atom is 0.416 e. The summed E-state index contributed by atoms with van der Waals surface area (Å²) in [6.07, 6.45) is -4.55. The van der Waals surface area contributed by atoms with Crippen molar-refractivity contribution in [3.8, 4) is 11.4 Å². The number of hydrogen-bond donors (Lipinski definition) is 1. The van der Waals surface area contributed by atoms with Crippen LogP contribution in [0.3, 0.4) is 0 Å². The Morgan fingerprint density at radius 2 is 1.70 bits per heavy atom. The van der Waals surface area contributed by atoms with Crippen LogP contribution in [0.1, 0.15) is 5.56 Å². The number of alkyl halides is 3. The molecular weight excluding hydrogens is 319 g/mol. The van der Waals surface area contributed by atoms with Crippen molar-refractivity contribution < 1.29 is 22.0 Å². The number of benzene rings is 2. The monoisotopic (exact) mass is 326 g/mol. The van der Waals surface area contributed by atoms with Crippen molar-refractivity contribution in [1.82, 2.24) is 9.97 Å². The zero-order valence-electron chi connectivity index (χ0n) is 11.2. The summed E-state index contributed by atoms with van der Waals surface area (Å²) in [5.41, 5.74) is -1.84. The predicted octanol–water partition coefficient (Wildman–Crippen LogP) is 3.89. The molecule has 1 heterocycles. The molecule has 0 radical (unpaired) electrons. The summed E-state index contributed by atoms with van der Waals surface area (Å²) >= 11 is 0. The van der Waals surface area contributed by atoms with Gasteiger partial charge in [0.05, 0.1) is 16.5 Å². The zero-order valence-corrected chi connectivity index (χ0v) is 11.2. The van der Waals surface area contributed by atoms with Crippen LogP contribution in [-0.2, 0) is 6.18 Å². The lowest BCUT2D eigenvalue weighted by atomic mass is 10.1. The molecule has 3 rings (SSSR count). The normalized spacial score (nSPS) is 11.9. The molecule has 8 heteroatoms. The van der Waals surface area contributed by atoms with E-state index in [-0.39, 0.29) is 22.3 Å². The number of aromatic amines is 1. The smallest absolute Gasteiger partial charge is 0.306 e. The van der Waals surface area contributed by atoms with Crippen molar-refractivity contribution >= 4 is 10.9 Å². The van der Waals surface area contributed by atoms with Crippen LogP contribution >= 0.6 is 0 Å². The summed E-state index contributed by atoms with van der Waals surface area (Å²) in [7, 11) is 0. The van der Waals surface area contributed by atoms with Gasteiger partial charge in [-0.3, -0.25) is 4.79 Å². The number of H-pyrrole nitrogens is 1. The van der Waals surface area contributed by atoms with E-state index in [0.717, 1.165) is 24.3 Å². The molecule has 1 aromatic heterocycles. The minimum Gasteiger partial charge on any atom is -0.306 e. The first-order chi connectivity index (χ1) is 10.8. The maximum atomic E-state index is 13.3. The first-order valence-corrected chi connectivity index (χ1v) is 6.32. The number of halogens is 5. The molecule has 0 saturated carbocycles. The van der Waals surface area contributed by atoms with Gasteiger partial charge in [-0.05, 0) is 18.2 Å². The van der Waals surface area contributed by atoms with Crippen molar-refractivity contribution in [1.29, 1.82) is 0 Å². The molecule has 0 saturated heterocycles. The van der Waals surface area contributed by atoms with E-state index in [4.69, 9.17) is 0 Å². The topological polar surface area (TPSA) is 45.8 Å². The fraction of sp³-hybridized carbons (Fsp3) is 0.0667. The Bertz CT molecular complexity index is 962. The molecule has 0 bridgehead atoms. The van der Waals surface area contributed by atoms with E-state index in [9.17, 15) is 26.7 Å². The number of hydrogen-bond acceptors (Lipinski definition) is 2. The molecule has 3 nitrogen and oxygen atoms in total. The van der Waals surface area contributed by atoms with Gasteiger partial charge < -0.3 is 4.98 Å². The van der Waals surface area contributed by atoms with E-state index < -0.39 is 28.9 Å². The molecule has 0 aliphatic rings. The number of nitrogens with one attached hydrogen (secondary N) is 1. The lowest BCUT2D eigenvalue weighted by molar-refractivity contribution is -0.137. The van der Waals surface area contributed by atoms with E-state index in [2.05, 4.69) is 9.97 Å². The molecule has 0 spiro atoms. The van der Waals surface area contributed by atoms with E-state index in [0.29, 0.717) is 6.07 Å². The van der Waals surface area contributed by atoms with Crippen LogP contribution in [0.25, 0.3) is 22.3 Å². The van der Waals surface area contributed by atoms with Crippen molar-refractivity contribution in [2.45, 2.75) is 6.18 Å². The van der Waals surface area contributed by atoms with Gasteiger partial charge in [0.1, 0.15) is 5.82 Å². The van der Waals surface area contributed by atoms with Crippen LogP contribution in [0.2, 0.25) is 0 Å². The molecule has 23 heavy (non-hydrogen) atoms. The second-order valence-corrected chi connectivity index (χ2v) is 4.78. The second-order valence-electron chi connectivity index (χ2n) is 4.78. The van der Waals surface area contributed by atoms with E-state index in [1.54, 1.807) is 0 Å². The van der Waals surface area contributed by atoms with Gasteiger partial charge in [0.2, 0.25) is 0 Å². The Hall–Kier alpha value is -2.77. The Labute approximate surface area is 125 Å². The third kappa shape index (κ3) is 2.79. The van der Waals surface area contributed by atoms with Crippen LogP contribution in [0.4, 0.5) is 22.0 Å². The van der Waals surface area contributed by atoms with Gasteiger partial charge >= 0.3 is 6.18 Å². The Morgan fingerprint density at radius 1 is 1.00 bits per heavy atom. The van der Waals surface area contributed by atoms with Gasteiger partial charge in [-0.1, -0.05) is 12.1 Å². The molecule has 0 atom stereocenters. The molecule has 0 unspecified atom stereocenters. The van der Waals surface area contributed by atoms with Gasteiger partial charge in [-0.2, -0.15) is 13.2 Å². The summed E-state index contributed by atoms with van der Waals surface area (Å²) in [4.78, 5) is 18.1. The molecule has 118 valence electrons. The van der Waals surface area contributed by atoms with Crippen LogP contribution in [0, 0.1) is 11.6 Å². The molecule has 0 amide bonds. The SMILES string of the molecule is O=c1[nH]c(-c2cccc(C(F)(F)F)c2)nc2cc(F)c(F)cc12. The van der Waals surface area contributed by atoms with Gasteiger partial charge in [0, 0.05) is 11.6 Å². The van der Waals surface area contributed by atoms with Crippen LogP contribution in [-0.4, -0.2) is 9.97 Å². The van der Waals surface area contributed by atoms with Crippen LogP contribution in [0.15, 0.2) is 41.2 Å². The van der Waals surface area contributed by atoms with Crippen molar-refractivity contribution in [3.05, 3.63) is 63.9 Å². The van der Waals surface area contributed by atoms with Gasteiger partial charge in [-0.15, -0.1) is 0 Å². The average Bonchev–Trinajstić information content (AvgIpc) is 2.48. The predicted molar refractivity (Wildman–Crippen MR) is 72.7 cm³/mol. The van der Waals surface area contributed by atoms with Gasteiger partial charge in [-0.25, -0.2) is 13.8 Å². The summed E-state index contributed by atoms with van der Waals surface area (Å²) < 4.78 is 64.6. The standard InChI is InChI=1S/C15H7F5N2O/c16-10-5-9-12(6-11(10)17)21-13(22-14(9)23)7-2-1-3-8(4-7)15(18,19)20/h1-6H,(H,21,22,23). The summed E-state index contributed by atoms with van der Waals surface area (Å²) in [6, 6.07) is 5.57. The Morgan fingerprint density at radius 3 is 2.39 bits per heavy atom. The first-order valence-electron chi connectivity index (χ1n) is 6.32. The van der Waals surface area contributed by atoms with Crippen molar-refractivity contribution in [2.24, 2.45) is 0 Å². The van der Waals surface area contributed by atoms with E-state index >= 15 is 0 Å². The highest BCUT2D eigenvalue weighted by Gasteiger charge is 2.30. The van der Waals surface area contributed by atoms with Crippen molar-refractivity contribution in [2.75, 3.05) is 0 Å². The number of nitrogens with zero attached hydrogens (tertiary/aromatic N) is 1. The highest BCUT2D eigenvalue weighted by atomic mass is 19.4. The number of rotatable bonds is 1. The molecule has 0 fully saturated rings. The van der Waals surface area contributed by atoms with Crippen LogP contribution < -0.4 is 5.56 Å². The quantitative estimate of drug-likeness (QED) is 0.690. The van der Waals surface area contributed by atoms with Gasteiger partial charge in [0.15, 0.2) is 11.6 Å². The summed E-state index contributed by atoms with van der Waals surface area (Å²) in [5, 5.41) is -0.195. The fourth-order valence-electron chi connectivity index (χ4n) is 2.11. The van der Waals surface area contributed by atoms with E-state index in [1.807, 2.05) is 0 Å². The van der Waals surface area contributed by atoms with Crippen LogP contribution in [0.5, 0.6) is 0 Å². The largest absolute Gasteiger partial charge is 0.416 e. The molecule has 0 aliphatic heterocycles. The second kappa shape index (κ2) is 5.15. The molecule has 0 aliphatic carbocycles. The first kappa shape index (κ1) is 15.1. The van der Waals surface area contributed by atoms with Crippen molar-refractivity contribution in [3.63, 3.8) is 0 Å². The summed E-state index contributed by atoms with van der Waals surface area (Å²) in [5.74, 6) is -2.58. The average molecular weight is 326 g/mol. The molecule has 2 aromatic carbocycles. The highest BCUT2D eigenvalue weighted by molar-refractivity contribution is 5.79. The zero-order chi connectivity index (χ0) is 16.8. The number of fused-ring (bicyclic) bond motifs is 1. The minimum atomic E-state index is -4.55. The Balaban J connectivity index is 2.22. The lowest BCUT2D eigenvalue weighted by Crippen LogP contribution is -2.11.